The van der Waals surface area contributed by atoms with Gasteiger partial charge in [0, 0.05) is 0 Å². The Morgan fingerprint density at radius 1 is 1.06 bits per heavy atom. The maximum Gasteiger partial charge on any atom is 0.322 e. The predicted octanol–water partition coefficient (Wildman–Crippen LogP) is 0.790. The van der Waals surface area contributed by atoms with Crippen molar-refractivity contribution in [1.82, 2.24) is 4.98 Å². The lowest BCUT2D eigenvalue weighted by Crippen LogP contribution is -1.97. The van der Waals surface area contributed by atoms with Crippen LogP contribution in [0.3, 0.4) is 0 Å². The van der Waals surface area contributed by atoms with Crippen LogP contribution in [0.4, 0.5) is 0 Å². The first kappa shape index (κ1) is 12.4. The Balaban J connectivity index is 2.73. The number of hydrogen-bond acceptors (Lipinski definition) is 6. The summed E-state index contributed by atoms with van der Waals surface area (Å²) in [6.07, 6.45) is 0. The van der Waals surface area contributed by atoms with E-state index in [2.05, 4.69) is 4.98 Å². The Morgan fingerprint density at radius 2 is 1.71 bits per heavy atom. The number of thiazole rings is 1. The van der Waals surface area contributed by atoms with Gasteiger partial charge < -0.3 is 0 Å². The van der Waals surface area contributed by atoms with Gasteiger partial charge in [-0.25, -0.2) is 4.98 Å². The fraction of sp³-hybridized carbons (Fsp3) is 0. The molecule has 2 N–H and O–H groups in total. The highest BCUT2D eigenvalue weighted by atomic mass is 32.3. The van der Waals surface area contributed by atoms with E-state index >= 15 is 0 Å². The van der Waals surface area contributed by atoms with Crippen molar-refractivity contribution in [2.24, 2.45) is 0 Å². The van der Waals surface area contributed by atoms with Crippen molar-refractivity contribution >= 4 is 41.8 Å². The Labute approximate surface area is 100 Å². The molecule has 0 amide bonds. The summed E-state index contributed by atoms with van der Waals surface area (Å²) in [5.74, 6) is 0. The third-order valence-electron chi connectivity index (χ3n) is 1.86. The molecule has 1 aromatic carbocycles. The number of nitrogens with zero attached hydrogens (tertiary/aromatic N) is 1. The molecule has 0 aliphatic rings. The van der Waals surface area contributed by atoms with E-state index in [1.54, 1.807) is 0 Å². The maximum absolute atomic E-state index is 10.8. The molecule has 0 fully saturated rings. The SMILES string of the molecule is O=S(=O)(O)c1ccc2sc(S(=O)(=O)O)nc2c1. The fourth-order valence-electron chi connectivity index (χ4n) is 1.16. The molecule has 1 aromatic heterocycles. The van der Waals surface area contributed by atoms with Crippen LogP contribution in [0.1, 0.15) is 0 Å². The summed E-state index contributed by atoms with van der Waals surface area (Å²) in [5, 5.41) is 0. The van der Waals surface area contributed by atoms with Crippen molar-refractivity contribution in [3.63, 3.8) is 0 Å². The number of benzene rings is 1. The summed E-state index contributed by atoms with van der Waals surface area (Å²) in [5.41, 5.74) is 0.0674. The summed E-state index contributed by atoms with van der Waals surface area (Å²) >= 11 is 0.698. The van der Waals surface area contributed by atoms with Crippen LogP contribution in [-0.2, 0) is 20.2 Å². The first-order valence-corrected chi connectivity index (χ1v) is 7.73. The molecule has 0 aliphatic heterocycles. The lowest BCUT2D eigenvalue weighted by atomic mass is 10.3. The molecule has 2 rings (SSSR count). The van der Waals surface area contributed by atoms with Gasteiger partial charge in [0.1, 0.15) is 0 Å². The van der Waals surface area contributed by atoms with Crippen LogP contribution < -0.4 is 0 Å². The lowest BCUT2D eigenvalue weighted by Gasteiger charge is -1.94. The summed E-state index contributed by atoms with van der Waals surface area (Å²) in [7, 11) is -8.79. The fourth-order valence-corrected chi connectivity index (χ4v) is 3.24. The minimum Gasteiger partial charge on any atom is -0.282 e. The largest absolute Gasteiger partial charge is 0.322 e. The van der Waals surface area contributed by atoms with E-state index in [9.17, 15) is 16.8 Å². The molecule has 92 valence electrons. The van der Waals surface area contributed by atoms with E-state index in [4.69, 9.17) is 9.11 Å². The van der Waals surface area contributed by atoms with Crippen LogP contribution in [-0.4, -0.2) is 30.9 Å². The first-order valence-electron chi connectivity index (χ1n) is 4.03. The van der Waals surface area contributed by atoms with Gasteiger partial charge in [-0.3, -0.25) is 9.11 Å². The second kappa shape index (κ2) is 3.71. The highest BCUT2D eigenvalue weighted by molar-refractivity contribution is 7.88. The molecular formula is C7H5NO6S3. The number of fused-ring (bicyclic) bond motifs is 1. The van der Waals surface area contributed by atoms with Crippen molar-refractivity contribution < 1.29 is 25.9 Å². The Bertz CT molecular complexity index is 758. The van der Waals surface area contributed by atoms with E-state index in [0.29, 0.717) is 16.0 Å². The van der Waals surface area contributed by atoms with Gasteiger partial charge >= 0.3 is 10.1 Å². The standard InChI is InChI=1S/C7H5NO6S3/c9-16(10,11)4-1-2-6-5(3-4)8-7(15-6)17(12,13)14/h1-3H,(H,9,10,11)(H,12,13,14). The molecule has 1 heterocycles. The molecule has 0 bridgehead atoms. The Morgan fingerprint density at radius 3 is 2.24 bits per heavy atom. The summed E-state index contributed by atoms with van der Waals surface area (Å²) in [4.78, 5) is 3.17. The summed E-state index contributed by atoms with van der Waals surface area (Å²) in [6, 6.07) is 3.43. The van der Waals surface area contributed by atoms with Gasteiger partial charge in [0.15, 0.2) is 0 Å². The molecule has 7 nitrogen and oxygen atoms in total. The quantitative estimate of drug-likeness (QED) is 0.785. The van der Waals surface area contributed by atoms with Crippen LogP contribution in [0.2, 0.25) is 0 Å². The van der Waals surface area contributed by atoms with Crippen LogP contribution >= 0.6 is 11.3 Å². The maximum atomic E-state index is 10.8. The van der Waals surface area contributed by atoms with E-state index in [0.717, 1.165) is 12.1 Å². The van der Waals surface area contributed by atoms with Crippen molar-refractivity contribution in [2.75, 3.05) is 0 Å². The average molecular weight is 295 g/mol. The monoisotopic (exact) mass is 295 g/mol. The average Bonchev–Trinajstić information content (AvgIpc) is 2.57. The summed E-state index contributed by atoms with van der Waals surface area (Å²) < 4.78 is 60.7. The van der Waals surface area contributed by atoms with Crippen molar-refractivity contribution in [3.8, 4) is 0 Å². The Kier molecular flexibility index (Phi) is 2.71. The second-order valence-electron chi connectivity index (χ2n) is 3.06. The van der Waals surface area contributed by atoms with Gasteiger partial charge in [-0.05, 0) is 18.2 Å². The third-order valence-corrected chi connectivity index (χ3v) is 4.95. The molecule has 17 heavy (non-hydrogen) atoms. The predicted molar refractivity (Wildman–Crippen MR) is 59.2 cm³/mol. The van der Waals surface area contributed by atoms with Crippen LogP contribution in [0, 0.1) is 0 Å². The molecule has 0 saturated carbocycles. The minimum atomic E-state index is -4.42. The number of rotatable bonds is 2. The Hall–Kier alpha value is -1.07. The zero-order valence-corrected chi connectivity index (χ0v) is 10.4. The molecule has 0 spiro atoms. The van der Waals surface area contributed by atoms with Crippen LogP contribution in [0.25, 0.3) is 10.2 Å². The topological polar surface area (TPSA) is 122 Å². The lowest BCUT2D eigenvalue weighted by molar-refractivity contribution is 0.481. The van der Waals surface area contributed by atoms with Gasteiger partial charge in [-0.2, -0.15) is 16.8 Å². The van der Waals surface area contributed by atoms with Gasteiger partial charge in [0.05, 0.1) is 15.1 Å². The normalized spacial score (nSPS) is 13.1. The zero-order valence-electron chi connectivity index (χ0n) is 7.93. The molecule has 0 aliphatic carbocycles. The molecule has 0 radical (unpaired) electrons. The van der Waals surface area contributed by atoms with E-state index < -0.39 is 29.5 Å². The van der Waals surface area contributed by atoms with E-state index in [1.165, 1.54) is 6.07 Å². The molecule has 2 aromatic rings. The van der Waals surface area contributed by atoms with Crippen molar-refractivity contribution in [1.29, 1.82) is 0 Å². The molecule has 10 heteroatoms. The highest BCUT2D eigenvalue weighted by Crippen LogP contribution is 2.27. The van der Waals surface area contributed by atoms with Gasteiger partial charge in [-0.1, -0.05) is 0 Å². The molecule has 0 atom stereocenters. The second-order valence-corrected chi connectivity index (χ2v) is 7.11. The summed E-state index contributed by atoms with van der Waals surface area (Å²) in [6.45, 7) is 0. The minimum absolute atomic E-state index is 0.0674. The van der Waals surface area contributed by atoms with E-state index in [-0.39, 0.29) is 5.52 Å². The van der Waals surface area contributed by atoms with Crippen LogP contribution in [0.15, 0.2) is 27.4 Å². The third kappa shape index (κ3) is 2.45. The van der Waals surface area contributed by atoms with Crippen molar-refractivity contribution in [2.45, 2.75) is 9.24 Å². The van der Waals surface area contributed by atoms with Crippen LogP contribution in [0.5, 0.6) is 0 Å². The molecule has 0 unspecified atom stereocenters. The van der Waals surface area contributed by atoms with Gasteiger partial charge in [-0.15, -0.1) is 11.3 Å². The zero-order chi connectivity index (χ0) is 12.8. The molecular weight excluding hydrogens is 290 g/mol. The molecule has 0 saturated heterocycles. The highest BCUT2D eigenvalue weighted by Gasteiger charge is 2.18. The first-order chi connectivity index (χ1) is 7.68. The van der Waals surface area contributed by atoms with Crippen molar-refractivity contribution in [3.05, 3.63) is 18.2 Å². The van der Waals surface area contributed by atoms with Gasteiger partial charge in [0.25, 0.3) is 10.1 Å². The smallest absolute Gasteiger partial charge is 0.282 e. The number of hydrogen-bond donors (Lipinski definition) is 2. The van der Waals surface area contributed by atoms with E-state index in [1.807, 2.05) is 0 Å². The number of aromatic nitrogens is 1. The van der Waals surface area contributed by atoms with Gasteiger partial charge in [0.2, 0.25) is 4.34 Å².